The molecular formula is C16H31NO2. The van der Waals surface area contributed by atoms with Gasteiger partial charge in [-0.2, -0.15) is 0 Å². The van der Waals surface area contributed by atoms with Crippen molar-refractivity contribution < 1.29 is 9.47 Å². The Morgan fingerprint density at radius 3 is 2.84 bits per heavy atom. The van der Waals surface area contributed by atoms with Crippen LogP contribution >= 0.6 is 0 Å². The summed E-state index contributed by atoms with van der Waals surface area (Å²) in [5.41, 5.74) is 0. The molecule has 2 rings (SSSR count). The van der Waals surface area contributed by atoms with Crippen LogP contribution in [-0.4, -0.2) is 38.5 Å². The summed E-state index contributed by atoms with van der Waals surface area (Å²) >= 11 is 0. The van der Waals surface area contributed by atoms with E-state index in [0.717, 1.165) is 50.7 Å². The van der Waals surface area contributed by atoms with E-state index in [0.29, 0.717) is 6.10 Å². The van der Waals surface area contributed by atoms with Gasteiger partial charge in [0.15, 0.2) is 0 Å². The molecule has 112 valence electrons. The molecule has 0 bridgehead atoms. The van der Waals surface area contributed by atoms with Crippen LogP contribution in [0.15, 0.2) is 0 Å². The van der Waals surface area contributed by atoms with E-state index in [1.54, 1.807) is 0 Å². The molecule has 0 aromatic heterocycles. The third-order valence-electron chi connectivity index (χ3n) is 4.91. The van der Waals surface area contributed by atoms with Crippen LogP contribution in [-0.2, 0) is 9.47 Å². The molecule has 1 saturated heterocycles. The maximum absolute atomic E-state index is 5.69. The Hall–Kier alpha value is -0.120. The average Bonchev–Trinajstić information content (AvgIpc) is 2.91. The molecule has 4 atom stereocenters. The third kappa shape index (κ3) is 5.05. The fourth-order valence-corrected chi connectivity index (χ4v) is 3.32. The fraction of sp³-hybridized carbons (Fsp3) is 1.00. The Balaban J connectivity index is 1.47. The monoisotopic (exact) mass is 269 g/mol. The van der Waals surface area contributed by atoms with E-state index in [1.807, 2.05) is 0 Å². The molecule has 2 fully saturated rings. The van der Waals surface area contributed by atoms with Gasteiger partial charge in [-0.1, -0.05) is 26.7 Å². The summed E-state index contributed by atoms with van der Waals surface area (Å²) in [6.07, 6.45) is 8.00. The van der Waals surface area contributed by atoms with E-state index in [2.05, 4.69) is 19.2 Å². The Bertz CT molecular complexity index is 241. The van der Waals surface area contributed by atoms with Gasteiger partial charge in [0.05, 0.1) is 12.7 Å². The number of hydrogen-bond acceptors (Lipinski definition) is 3. The van der Waals surface area contributed by atoms with Crippen molar-refractivity contribution in [2.24, 2.45) is 11.8 Å². The van der Waals surface area contributed by atoms with Crippen LogP contribution in [0.3, 0.4) is 0 Å². The lowest BCUT2D eigenvalue weighted by Gasteiger charge is -2.34. The van der Waals surface area contributed by atoms with Gasteiger partial charge in [0.2, 0.25) is 0 Å². The van der Waals surface area contributed by atoms with Crippen molar-refractivity contribution in [3.05, 3.63) is 0 Å². The summed E-state index contributed by atoms with van der Waals surface area (Å²) in [7, 11) is 0. The van der Waals surface area contributed by atoms with Gasteiger partial charge in [0, 0.05) is 19.3 Å². The lowest BCUT2D eigenvalue weighted by molar-refractivity contribution is 0.0163. The molecular weight excluding hydrogens is 238 g/mol. The van der Waals surface area contributed by atoms with Crippen LogP contribution in [0.4, 0.5) is 0 Å². The van der Waals surface area contributed by atoms with Crippen LogP contribution in [0.2, 0.25) is 0 Å². The number of rotatable bonds is 7. The molecule has 1 saturated carbocycles. The second-order valence-corrected chi connectivity index (χ2v) is 6.39. The van der Waals surface area contributed by atoms with E-state index in [9.17, 15) is 0 Å². The zero-order valence-corrected chi connectivity index (χ0v) is 12.7. The van der Waals surface area contributed by atoms with Crippen molar-refractivity contribution in [2.45, 2.75) is 64.5 Å². The van der Waals surface area contributed by atoms with Crippen LogP contribution in [0, 0.1) is 11.8 Å². The van der Waals surface area contributed by atoms with Crippen molar-refractivity contribution in [3.8, 4) is 0 Å². The van der Waals surface area contributed by atoms with Crippen molar-refractivity contribution in [2.75, 3.05) is 26.4 Å². The van der Waals surface area contributed by atoms with Gasteiger partial charge >= 0.3 is 0 Å². The smallest absolute Gasteiger partial charge is 0.0809 e. The second-order valence-electron chi connectivity index (χ2n) is 6.39. The van der Waals surface area contributed by atoms with Gasteiger partial charge in [-0.25, -0.2) is 0 Å². The highest BCUT2D eigenvalue weighted by Gasteiger charge is 2.26. The summed E-state index contributed by atoms with van der Waals surface area (Å²) < 4.78 is 11.2. The largest absolute Gasteiger partial charge is 0.379 e. The molecule has 1 aliphatic heterocycles. The average molecular weight is 269 g/mol. The summed E-state index contributed by atoms with van der Waals surface area (Å²) in [5.74, 6) is 1.70. The van der Waals surface area contributed by atoms with E-state index in [4.69, 9.17) is 9.47 Å². The van der Waals surface area contributed by atoms with Crippen LogP contribution in [0.25, 0.3) is 0 Å². The lowest BCUT2D eigenvalue weighted by Crippen LogP contribution is -2.41. The molecule has 3 heteroatoms. The molecule has 4 unspecified atom stereocenters. The predicted octanol–water partition coefficient (Wildman–Crippen LogP) is 2.99. The van der Waals surface area contributed by atoms with Crippen LogP contribution < -0.4 is 5.32 Å². The lowest BCUT2D eigenvalue weighted by atomic mass is 9.78. The standard InChI is InChI=1S/C16H31NO2/c1-13-6-3-8-16(14(13)2)17-9-5-10-18-12-15-7-4-11-19-15/h13-17H,3-12H2,1-2H3. The van der Waals surface area contributed by atoms with Gasteiger partial charge in [0.25, 0.3) is 0 Å². The zero-order chi connectivity index (χ0) is 13.5. The normalized spacial score (nSPS) is 35.7. The molecule has 1 aliphatic carbocycles. The van der Waals surface area contributed by atoms with E-state index >= 15 is 0 Å². The number of nitrogens with one attached hydrogen (secondary N) is 1. The maximum atomic E-state index is 5.69. The van der Waals surface area contributed by atoms with Crippen LogP contribution in [0.5, 0.6) is 0 Å². The number of ether oxygens (including phenoxy) is 2. The minimum Gasteiger partial charge on any atom is -0.379 e. The van der Waals surface area contributed by atoms with Crippen molar-refractivity contribution in [1.29, 1.82) is 0 Å². The Labute approximate surface area is 118 Å². The van der Waals surface area contributed by atoms with Crippen molar-refractivity contribution in [1.82, 2.24) is 5.32 Å². The minimum atomic E-state index is 0.368. The van der Waals surface area contributed by atoms with E-state index in [1.165, 1.54) is 32.1 Å². The summed E-state index contributed by atoms with van der Waals surface area (Å²) in [6, 6.07) is 0.724. The van der Waals surface area contributed by atoms with Gasteiger partial charge < -0.3 is 14.8 Å². The highest BCUT2D eigenvalue weighted by molar-refractivity contribution is 4.82. The van der Waals surface area contributed by atoms with E-state index in [-0.39, 0.29) is 0 Å². The van der Waals surface area contributed by atoms with Crippen molar-refractivity contribution in [3.63, 3.8) is 0 Å². The molecule has 1 heterocycles. The summed E-state index contributed by atoms with van der Waals surface area (Å²) in [5, 5.41) is 3.72. The fourth-order valence-electron chi connectivity index (χ4n) is 3.32. The first-order valence-electron chi connectivity index (χ1n) is 8.20. The molecule has 2 aliphatic rings. The third-order valence-corrected chi connectivity index (χ3v) is 4.91. The van der Waals surface area contributed by atoms with Gasteiger partial charge in [-0.15, -0.1) is 0 Å². The van der Waals surface area contributed by atoms with Gasteiger partial charge in [0.1, 0.15) is 0 Å². The summed E-state index contributed by atoms with van der Waals surface area (Å²) in [4.78, 5) is 0. The quantitative estimate of drug-likeness (QED) is 0.721. The SMILES string of the molecule is CC1CCCC(NCCCOCC2CCCO2)C1C. The van der Waals surface area contributed by atoms with Crippen molar-refractivity contribution >= 4 is 0 Å². The van der Waals surface area contributed by atoms with E-state index < -0.39 is 0 Å². The molecule has 0 amide bonds. The first kappa shape index (κ1) is 15.3. The highest BCUT2D eigenvalue weighted by Crippen LogP contribution is 2.29. The number of hydrogen-bond donors (Lipinski definition) is 1. The molecule has 1 N–H and O–H groups in total. The molecule has 0 aromatic carbocycles. The maximum Gasteiger partial charge on any atom is 0.0809 e. The second kappa shape index (κ2) is 8.23. The predicted molar refractivity (Wildman–Crippen MR) is 78.4 cm³/mol. The minimum absolute atomic E-state index is 0.368. The molecule has 0 spiro atoms. The highest BCUT2D eigenvalue weighted by atomic mass is 16.5. The molecule has 3 nitrogen and oxygen atoms in total. The zero-order valence-electron chi connectivity index (χ0n) is 12.7. The molecule has 0 radical (unpaired) electrons. The topological polar surface area (TPSA) is 30.5 Å². The molecule has 19 heavy (non-hydrogen) atoms. The Morgan fingerprint density at radius 1 is 1.16 bits per heavy atom. The van der Waals surface area contributed by atoms with Gasteiger partial charge in [-0.3, -0.25) is 0 Å². The Kier molecular flexibility index (Phi) is 6.62. The molecule has 0 aromatic rings. The van der Waals surface area contributed by atoms with Gasteiger partial charge in [-0.05, 0) is 44.1 Å². The summed E-state index contributed by atoms with van der Waals surface area (Å²) in [6.45, 7) is 8.46. The Morgan fingerprint density at radius 2 is 2.05 bits per heavy atom. The first-order chi connectivity index (χ1) is 9.27. The van der Waals surface area contributed by atoms with Crippen LogP contribution in [0.1, 0.15) is 52.4 Å². The first-order valence-corrected chi connectivity index (χ1v) is 8.20.